The fourth-order valence-electron chi connectivity index (χ4n) is 1.13. The van der Waals surface area contributed by atoms with E-state index in [2.05, 4.69) is 4.74 Å². The van der Waals surface area contributed by atoms with Gasteiger partial charge < -0.3 is 9.15 Å². The van der Waals surface area contributed by atoms with Gasteiger partial charge in [-0.25, -0.2) is 4.79 Å². The molecule has 86 valence electrons. The Balaban J connectivity index is 2.71. The second kappa shape index (κ2) is 5.25. The maximum Gasteiger partial charge on any atom is 0.375 e. The van der Waals surface area contributed by atoms with Gasteiger partial charge in [0.05, 0.1) is 18.8 Å². The van der Waals surface area contributed by atoms with Crippen molar-refractivity contribution in [3.05, 3.63) is 24.2 Å². The standard InChI is InChI=1S/C11H12O5/c1-3-15-11(14)10(13)7(2)9(12)8-5-4-6-16-8/h4-7H,3H2,1-2H3. The molecule has 16 heavy (non-hydrogen) atoms. The molecule has 0 bridgehead atoms. The van der Waals surface area contributed by atoms with Gasteiger partial charge in [0, 0.05) is 0 Å². The summed E-state index contributed by atoms with van der Waals surface area (Å²) in [7, 11) is 0. The highest BCUT2D eigenvalue weighted by Gasteiger charge is 2.30. The van der Waals surface area contributed by atoms with E-state index in [0.29, 0.717) is 0 Å². The normalized spacial score (nSPS) is 11.9. The van der Waals surface area contributed by atoms with Gasteiger partial charge in [-0.15, -0.1) is 0 Å². The number of carbonyl (C=O) groups is 3. The molecule has 1 unspecified atom stereocenters. The van der Waals surface area contributed by atoms with Crippen molar-refractivity contribution in [2.24, 2.45) is 5.92 Å². The second-order valence-electron chi connectivity index (χ2n) is 3.15. The number of Topliss-reactive ketones (excluding diaryl/α,β-unsaturated/α-hetero) is 2. The number of furan rings is 1. The van der Waals surface area contributed by atoms with Crippen LogP contribution in [0.4, 0.5) is 0 Å². The van der Waals surface area contributed by atoms with E-state index < -0.39 is 23.5 Å². The maximum absolute atomic E-state index is 11.6. The number of esters is 1. The van der Waals surface area contributed by atoms with Crippen LogP contribution >= 0.6 is 0 Å². The molecule has 0 spiro atoms. The zero-order valence-corrected chi connectivity index (χ0v) is 9.06. The fourth-order valence-corrected chi connectivity index (χ4v) is 1.13. The molecule has 0 aromatic carbocycles. The first-order valence-electron chi connectivity index (χ1n) is 4.86. The molecule has 1 aromatic rings. The molecule has 1 rings (SSSR count). The van der Waals surface area contributed by atoms with E-state index >= 15 is 0 Å². The Labute approximate surface area is 92.4 Å². The summed E-state index contributed by atoms with van der Waals surface area (Å²) < 4.78 is 9.37. The van der Waals surface area contributed by atoms with Crippen LogP contribution in [-0.2, 0) is 14.3 Å². The third-order valence-electron chi connectivity index (χ3n) is 2.03. The summed E-state index contributed by atoms with van der Waals surface area (Å²) >= 11 is 0. The minimum absolute atomic E-state index is 0.0603. The first-order chi connectivity index (χ1) is 7.57. The quantitative estimate of drug-likeness (QED) is 0.325. The van der Waals surface area contributed by atoms with Crippen LogP contribution in [0.15, 0.2) is 22.8 Å². The van der Waals surface area contributed by atoms with Gasteiger partial charge in [0.2, 0.25) is 5.78 Å². The van der Waals surface area contributed by atoms with Crippen LogP contribution in [0.1, 0.15) is 24.4 Å². The molecule has 0 aliphatic carbocycles. The topological polar surface area (TPSA) is 73.6 Å². The van der Waals surface area contributed by atoms with Crippen molar-refractivity contribution in [2.75, 3.05) is 6.61 Å². The van der Waals surface area contributed by atoms with Crippen LogP contribution < -0.4 is 0 Å². The molecule has 0 aliphatic heterocycles. The first-order valence-corrected chi connectivity index (χ1v) is 4.86. The van der Waals surface area contributed by atoms with Crippen LogP contribution in [0.5, 0.6) is 0 Å². The number of ketones is 2. The van der Waals surface area contributed by atoms with Gasteiger partial charge in [-0.3, -0.25) is 9.59 Å². The SMILES string of the molecule is CCOC(=O)C(=O)C(C)C(=O)c1ccco1. The van der Waals surface area contributed by atoms with E-state index in [0.717, 1.165) is 0 Å². The molecule has 0 radical (unpaired) electrons. The molecule has 5 nitrogen and oxygen atoms in total. The third kappa shape index (κ3) is 2.56. The van der Waals surface area contributed by atoms with E-state index in [1.165, 1.54) is 25.3 Å². The highest BCUT2D eigenvalue weighted by molar-refractivity contribution is 6.39. The zero-order chi connectivity index (χ0) is 12.1. The van der Waals surface area contributed by atoms with Crippen molar-refractivity contribution in [3.63, 3.8) is 0 Å². The van der Waals surface area contributed by atoms with Gasteiger partial charge in [0.1, 0.15) is 0 Å². The van der Waals surface area contributed by atoms with Crippen molar-refractivity contribution >= 4 is 17.5 Å². The van der Waals surface area contributed by atoms with E-state index in [1.807, 2.05) is 0 Å². The minimum atomic E-state index is -1.08. The Bertz CT molecular complexity index is 391. The average molecular weight is 224 g/mol. The molecule has 0 amide bonds. The van der Waals surface area contributed by atoms with Gasteiger partial charge in [0.25, 0.3) is 5.78 Å². The van der Waals surface area contributed by atoms with Gasteiger partial charge in [-0.1, -0.05) is 0 Å². The van der Waals surface area contributed by atoms with Crippen LogP contribution in [-0.4, -0.2) is 24.1 Å². The zero-order valence-electron chi connectivity index (χ0n) is 9.06. The summed E-state index contributed by atoms with van der Waals surface area (Å²) in [5.41, 5.74) is 0. The molecule has 0 aliphatic rings. The van der Waals surface area contributed by atoms with Crippen molar-refractivity contribution < 1.29 is 23.5 Å². The van der Waals surface area contributed by atoms with E-state index in [-0.39, 0.29) is 12.4 Å². The molecular formula is C11H12O5. The lowest BCUT2D eigenvalue weighted by Crippen LogP contribution is -2.29. The number of rotatable bonds is 5. The molecule has 0 saturated heterocycles. The number of hydrogen-bond acceptors (Lipinski definition) is 5. The second-order valence-corrected chi connectivity index (χ2v) is 3.15. The van der Waals surface area contributed by atoms with Gasteiger partial charge in [-0.05, 0) is 26.0 Å². The Hall–Kier alpha value is -1.91. The number of carbonyl (C=O) groups excluding carboxylic acids is 3. The molecule has 1 atom stereocenters. The van der Waals surface area contributed by atoms with Crippen molar-refractivity contribution in [3.8, 4) is 0 Å². The van der Waals surface area contributed by atoms with Gasteiger partial charge >= 0.3 is 5.97 Å². The number of ether oxygens (including phenoxy) is 1. The maximum atomic E-state index is 11.6. The van der Waals surface area contributed by atoms with E-state index in [4.69, 9.17) is 4.42 Å². The van der Waals surface area contributed by atoms with Gasteiger partial charge in [0.15, 0.2) is 5.76 Å². The fraction of sp³-hybridized carbons (Fsp3) is 0.364. The van der Waals surface area contributed by atoms with Crippen molar-refractivity contribution in [2.45, 2.75) is 13.8 Å². The third-order valence-corrected chi connectivity index (χ3v) is 2.03. The summed E-state index contributed by atoms with van der Waals surface area (Å²) in [4.78, 5) is 34.2. The summed E-state index contributed by atoms with van der Waals surface area (Å²) in [5, 5.41) is 0. The molecule has 0 fully saturated rings. The van der Waals surface area contributed by atoms with Crippen LogP contribution in [0.3, 0.4) is 0 Å². The molecule has 5 heteroatoms. The lowest BCUT2D eigenvalue weighted by molar-refractivity contribution is -0.154. The highest BCUT2D eigenvalue weighted by atomic mass is 16.5. The van der Waals surface area contributed by atoms with Crippen molar-refractivity contribution in [1.82, 2.24) is 0 Å². The van der Waals surface area contributed by atoms with E-state index in [9.17, 15) is 14.4 Å². The number of hydrogen-bond donors (Lipinski definition) is 0. The summed E-state index contributed by atoms with van der Waals surface area (Å²) in [6, 6.07) is 2.98. The highest BCUT2D eigenvalue weighted by Crippen LogP contribution is 2.10. The molecule has 1 heterocycles. The molecular weight excluding hydrogens is 212 g/mol. The van der Waals surface area contributed by atoms with Crippen molar-refractivity contribution in [1.29, 1.82) is 0 Å². The molecule has 0 N–H and O–H groups in total. The Morgan fingerprint density at radius 3 is 2.62 bits per heavy atom. The average Bonchev–Trinajstić information content (AvgIpc) is 2.79. The predicted molar refractivity (Wildman–Crippen MR) is 53.8 cm³/mol. The Morgan fingerprint density at radius 1 is 1.44 bits per heavy atom. The Morgan fingerprint density at radius 2 is 2.12 bits per heavy atom. The molecule has 1 aromatic heterocycles. The van der Waals surface area contributed by atoms with E-state index in [1.54, 1.807) is 6.92 Å². The predicted octanol–water partition coefficient (Wildman–Crippen LogP) is 1.23. The summed E-state index contributed by atoms with van der Waals surface area (Å²) in [6.45, 7) is 3.04. The first kappa shape index (κ1) is 12.2. The lowest BCUT2D eigenvalue weighted by atomic mass is 10.00. The smallest absolute Gasteiger partial charge is 0.375 e. The lowest BCUT2D eigenvalue weighted by Gasteiger charge is -2.06. The minimum Gasteiger partial charge on any atom is -0.461 e. The Kier molecular flexibility index (Phi) is 3.99. The largest absolute Gasteiger partial charge is 0.461 e. The monoisotopic (exact) mass is 224 g/mol. The molecule has 0 saturated carbocycles. The van der Waals surface area contributed by atoms with Crippen LogP contribution in [0.25, 0.3) is 0 Å². The summed E-state index contributed by atoms with van der Waals surface area (Å²) in [5.74, 6) is -3.39. The van der Waals surface area contributed by atoms with Crippen LogP contribution in [0, 0.1) is 5.92 Å². The summed E-state index contributed by atoms with van der Waals surface area (Å²) in [6.07, 6.45) is 1.33. The van der Waals surface area contributed by atoms with Gasteiger partial charge in [-0.2, -0.15) is 0 Å². The van der Waals surface area contributed by atoms with Crippen LogP contribution in [0.2, 0.25) is 0 Å².